The topological polar surface area (TPSA) is 43.1 Å². The maximum atomic E-state index is 11.6. The third-order valence-electron chi connectivity index (χ3n) is 5.80. The Kier molecular flexibility index (Phi) is 4.53. The number of carbonyl (C=O) groups excluding carboxylic acids is 1. The van der Waals surface area contributed by atoms with E-state index in [9.17, 15) is 4.79 Å². The van der Waals surface area contributed by atoms with Gasteiger partial charge in [0.15, 0.2) is 0 Å². The van der Waals surface area contributed by atoms with Gasteiger partial charge in [0, 0.05) is 11.5 Å². The van der Waals surface area contributed by atoms with Crippen LogP contribution in [0.2, 0.25) is 0 Å². The summed E-state index contributed by atoms with van der Waals surface area (Å²) in [6.07, 6.45) is 0. The fraction of sp³-hybridized carbons (Fsp3) is 0.0357. The summed E-state index contributed by atoms with van der Waals surface area (Å²) in [6.45, 7) is 0. The maximum absolute atomic E-state index is 11.6. The minimum absolute atomic E-state index is 0.0316. The molecule has 5 aromatic rings. The first-order valence-corrected chi connectivity index (χ1v) is 10.1. The van der Waals surface area contributed by atoms with E-state index in [4.69, 9.17) is 5.73 Å². The average molecular weight is 387 g/mol. The lowest BCUT2D eigenvalue weighted by atomic mass is 9.80. The molecule has 2 heteroatoms. The number of nitrogens with two attached hydrogens (primary N) is 1. The van der Waals surface area contributed by atoms with Crippen LogP contribution in [-0.4, -0.2) is 5.91 Å². The van der Waals surface area contributed by atoms with Gasteiger partial charge in [-0.3, -0.25) is 4.79 Å². The highest BCUT2D eigenvalue weighted by Crippen LogP contribution is 2.39. The van der Waals surface area contributed by atoms with Crippen LogP contribution in [0.25, 0.3) is 21.5 Å². The highest BCUT2D eigenvalue weighted by Gasteiger charge is 2.21. The van der Waals surface area contributed by atoms with Crippen LogP contribution < -0.4 is 5.73 Å². The Labute approximate surface area is 175 Å². The van der Waals surface area contributed by atoms with Gasteiger partial charge in [-0.1, -0.05) is 97.1 Å². The predicted octanol–water partition coefficient (Wildman–Crippen LogP) is 6.27. The van der Waals surface area contributed by atoms with Crippen LogP contribution in [0.1, 0.15) is 33.0 Å². The molecule has 144 valence electrons. The molecule has 0 unspecified atom stereocenters. The van der Waals surface area contributed by atoms with Gasteiger partial charge in [-0.2, -0.15) is 0 Å². The van der Waals surface area contributed by atoms with E-state index < -0.39 is 5.91 Å². The summed E-state index contributed by atoms with van der Waals surface area (Å²) in [4.78, 5) is 11.6. The molecule has 2 nitrogen and oxygen atoms in total. The second-order valence-corrected chi connectivity index (χ2v) is 7.56. The van der Waals surface area contributed by atoms with Crippen molar-refractivity contribution in [3.8, 4) is 0 Å². The van der Waals surface area contributed by atoms with Gasteiger partial charge in [-0.15, -0.1) is 0 Å². The summed E-state index contributed by atoms with van der Waals surface area (Å²) in [5.41, 5.74) is 9.62. The van der Waals surface area contributed by atoms with Crippen molar-refractivity contribution in [1.82, 2.24) is 0 Å². The molecule has 5 aromatic carbocycles. The second kappa shape index (κ2) is 7.49. The Balaban J connectivity index is 1.81. The lowest BCUT2D eigenvalue weighted by molar-refractivity contribution is 0.100. The van der Waals surface area contributed by atoms with Gasteiger partial charge < -0.3 is 5.73 Å². The van der Waals surface area contributed by atoms with Crippen molar-refractivity contribution in [3.63, 3.8) is 0 Å². The molecule has 0 aromatic heterocycles. The van der Waals surface area contributed by atoms with Crippen molar-refractivity contribution >= 4 is 27.5 Å². The highest BCUT2D eigenvalue weighted by molar-refractivity contribution is 5.93. The van der Waals surface area contributed by atoms with E-state index in [1.807, 2.05) is 24.3 Å². The number of rotatable bonds is 4. The molecule has 0 fully saturated rings. The molecule has 0 atom stereocenters. The van der Waals surface area contributed by atoms with E-state index in [1.54, 1.807) is 0 Å². The Morgan fingerprint density at radius 2 is 1.03 bits per heavy atom. The third-order valence-corrected chi connectivity index (χ3v) is 5.80. The molecular formula is C28H21NO. The summed E-state index contributed by atoms with van der Waals surface area (Å²) in [7, 11) is 0. The van der Waals surface area contributed by atoms with Crippen molar-refractivity contribution in [1.29, 1.82) is 0 Å². The lowest BCUT2D eigenvalue weighted by Gasteiger charge is -2.22. The summed E-state index contributed by atoms with van der Waals surface area (Å²) in [6, 6.07) is 37.6. The Hall–Kier alpha value is -3.91. The summed E-state index contributed by atoms with van der Waals surface area (Å²) in [5.74, 6) is -0.377. The lowest BCUT2D eigenvalue weighted by Crippen LogP contribution is -2.11. The third kappa shape index (κ3) is 3.13. The molecule has 1 amide bonds. The average Bonchev–Trinajstić information content (AvgIpc) is 2.80. The van der Waals surface area contributed by atoms with Crippen LogP contribution in [0, 0.1) is 0 Å². The van der Waals surface area contributed by atoms with Gasteiger partial charge in [0.25, 0.3) is 0 Å². The molecule has 0 spiro atoms. The molecule has 0 heterocycles. The molecular weight excluding hydrogens is 366 g/mol. The van der Waals surface area contributed by atoms with E-state index >= 15 is 0 Å². The number of carbonyl (C=O) groups is 1. The minimum Gasteiger partial charge on any atom is -0.366 e. The zero-order valence-electron chi connectivity index (χ0n) is 16.5. The maximum Gasteiger partial charge on any atom is 0.248 e. The van der Waals surface area contributed by atoms with Gasteiger partial charge in [-0.25, -0.2) is 0 Å². The van der Waals surface area contributed by atoms with E-state index in [2.05, 4.69) is 84.9 Å². The molecule has 0 bridgehead atoms. The normalized spacial score (nSPS) is 11.2. The number of amides is 1. The van der Waals surface area contributed by atoms with Crippen molar-refractivity contribution < 1.29 is 4.79 Å². The molecule has 0 aliphatic carbocycles. The zero-order chi connectivity index (χ0) is 20.5. The Morgan fingerprint density at radius 3 is 1.53 bits per heavy atom. The fourth-order valence-corrected chi connectivity index (χ4v) is 4.37. The van der Waals surface area contributed by atoms with E-state index in [-0.39, 0.29) is 5.92 Å². The number of hydrogen-bond donors (Lipinski definition) is 1. The summed E-state index contributed by atoms with van der Waals surface area (Å²) >= 11 is 0. The first-order valence-electron chi connectivity index (χ1n) is 10.1. The summed E-state index contributed by atoms with van der Waals surface area (Å²) in [5, 5.41) is 4.90. The first-order chi connectivity index (χ1) is 14.7. The summed E-state index contributed by atoms with van der Waals surface area (Å²) < 4.78 is 0. The fourth-order valence-electron chi connectivity index (χ4n) is 4.37. The number of fused-ring (bicyclic) bond motifs is 2. The quantitative estimate of drug-likeness (QED) is 0.363. The number of hydrogen-bond acceptors (Lipinski definition) is 1. The molecule has 2 N–H and O–H groups in total. The van der Waals surface area contributed by atoms with Crippen LogP contribution in [0.3, 0.4) is 0 Å². The van der Waals surface area contributed by atoms with Crippen molar-refractivity contribution in [2.45, 2.75) is 5.92 Å². The largest absolute Gasteiger partial charge is 0.366 e. The van der Waals surface area contributed by atoms with E-state index in [0.717, 1.165) is 5.56 Å². The smallest absolute Gasteiger partial charge is 0.248 e. The number of primary amides is 1. The van der Waals surface area contributed by atoms with Crippen LogP contribution in [0.15, 0.2) is 109 Å². The Morgan fingerprint density at radius 1 is 0.567 bits per heavy atom. The second-order valence-electron chi connectivity index (χ2n) is 7.56. The molecule has 0 radical (unpaired) electrons. The van der Waals surface area contributed by atoms with Gasteiger partial charge in [0.2, 0.25) is 5.91 Å². The number of benzene rings is 5. The van der Waals surface area contributed by atoms with Crippen LogP contribution in [-0.2, 0) is 0 Å². The Bertz CT molecular complexity index is 1280. The highest BCUT2D eigenvalue weighted by atomic mass is 16.1. The molecule has 0 aliphatic rings. The first kappa shape index (κ1) is 18.1. The molecule has 30 heavy (non-hydrogen) atoms. The SMILES string of the molecule is NC(=O)c1ccc(C(c2cccc3ccccc23)c2cccc3ccccc23)cc1. The van der Waals surface area contributed by atoms with Crippen molar-refractivity contribution in [2.75, 3.05) is 0 Å². The van der Waals surface area contributed by atoms with E-state index in [1.165, 1.54) is 32.7 Å². The predicted molar refractivity (Wildman–Crippen MR) is 124 cm³/mol. The molecule has 0 saturated heterocycles. The van der Waals surface area contributed by atoms with Gasteiger partial charge in [0.05, 0.1) is 0 Å². The monoisotopic (exact) mass is 387 g/mol. The standard InChI is InChI=1S/C28H21NO/c29-28(30)22-17-15-21(16-18-22)27(25-13-5-9-19-7-1-3-11-23(19)25)26-14-6-10-20-8-2-4-12-24(20)26/h1-18,27H,(H2,29,30). The minimum atomic E-state index is -0.409. The zero-order valence-corrected chi connectivity index (χ0v) is 16.5. The molecule has 0 aliphatic heterocycles. The van der Waals surface area contributed by atoms with Crippen LogP contribution in [0.5, 0.6) is 0 Å². The van der Waals surface area contributed by atoms with E-state index in [0.29, 0.717) is 5.56 Å². The van der Waals surface area contributed by atoms with Crippen molar-refractivity contribution in [3.05, 3.63) is 131 Å². The molecule has 0 saturated carbocycles. The van der Waals surface area contributed by atoms with Crippen LogP contribution in [0.4, 0.5) is 0 Å². The van der Waals surface area contributed by atoms with Gasteiger partial charge in [-0.05, 0) is 50.4 Å². The van der Waals surface area contributed by atoms with Gasteiger partial charge >= 0.3 is 0 Å². The van der Waals surface area contributed by atoms with Gasteiger partial charge in [0.1, 0.15) is 0 Å². The molecule has 5 rings (SSSR count). The van der Waals surface area contributed by atoms with Crippen molar-refractivity contribution in [2.24, 2.45) is 5.73 Å². The van der Waals surface area contributed by atoms with Crippen LogP contribution >= 0.6 is 0 Å².